The van der Waals surface area contributed by atoms with E-state index in [4.69, 9.17) is 9.47 Å². The first kappa shape index (κ1) is 22.9. The highest BCUT2D eigenvalue weighted by Gasteiger charge is 2.72. The number of rotatable bonds is 1. The minimum Gasteiger partial charge on any atom is -0.458 e. The standard InChI is InChI=1S/C24H36O7/c1-11-14(31-13(3)25)9-24(29)12(2)19-22(6)10-30-16(22)8-15(26)23(19,7)20(28)18(27)17(11)21(24,4)5/h12,14-16,18-19,26-27,29H,8-10H2,1-7H3/t12-,14-,15-,16+,18+,19+,22+,23+,24+/m0/s1. The van der Waals surface area contributed by atoms with Gasteiger partial charge in [-0.15, -0.1) is 0 Å². The van der Waals surface area contributed by atoms with Gasteiger partial charge >= 0.3 is 5.97 Å². The van der Waals surface area contributed by atoms with Crippen LogP contribution in [0.4, 0.5) is 0 Å². The second kappa shape index (κ2) is 6.62. The molecular formula is C24H36O7. The number of Topliss-reactive ketones (excluding diaryl/α,β-unsaturated/α-hetero) is 1. The zero-order chi connectivity index (χ0) is 23.3. The Morgan fingerprint density at radius 2 is 1.81 bits per heavy atom. The van der Waals surface area contributed by atoms with Gasteiger partial charge in [0.15, 0.2) is 5.78 Å². The largest absolute Gasteiger partial charge is 0.458 e. The van der Waals surface area contributed by atoms with Crippen LogP contribution in [0.1, 0.15) is 61.3 Å². The number of hydrogen-bond acceptors (Lipinski definition) is 7. The van der Waals surface area contributed by atoms with Crippen molar-refractivity contribution in [2.24, 2.45) is 28.1 Å². The summed E-state index contributed by atoms with van der Waals surface area (Å²) in [5.41, 5.74) is -2.98. The summed E-state index contributed by atoms with van der Waals surface area (Å²) in [4.78, 5) is 25.7. The van der Waals surface area contributed by atoms with Crippen LogP contribution in [-0.2, 0) is 19.1 Å². The number of fused-ring (bicyclic) bond motifs is 5. The van der Waals surface area contributed by atoms with Gasteiger partial charge in [0.25, 0.3) is 0 Å². The lowest BCUT2D eigenvalue weighted by Crippen LogP contribution is -2.75. The molecule has 31 heavy (non-hydrogen) atoms. The summed E-state index contributed by atoms with van der Waals surface area (Å²) >= 11 is 0. The molecule has 1 saturated heterocycles. The molecule has 0 amide bonds. The van der Waals surface area contributed by atoms with Crippen molar-refractivity contribution in [3.63, 3.8) is 0 Å². The monoisotopic (exact) mass is 436 g/mol. The van der Waals surface area contributed by atoms with Crippen LogP contribution in [0.15, 0.2) is 11.1 Å². The lowest BCUT2D eigenvalue weighted by atomic mass is 9.40. The van der Waals surface area contributed by atoms with Gasteiger partial charge in [0.05, 0.1) is 29.8 Å². The summed E-state index contributed by atoms with van der Waals surface area (Å²) < 4.78 is 11.3. The van der Waals surface area contributed by atoms with Crippen LogP contribution in [0, 0.1) is 28.1 Å². The third-order valence-corrected chi connectivity index (χ3v) is 9.59. The molecule has 3 fully saturated rings. The first-order valence-electron chi connectivity index (χ1n) is 11.3. The highest BCUT2D eigenvalue weighted by molar-refractivity contribution is 5.93. The summed E-state index contributed by atoms with van der Waals surface area (Å²) in [6, 6.07) is 0. The Balaban J connectivity index is 1.99. The maximum Gasteiger partial charge on any atom is 0.303 e. The zero-order valence-corrected chi connectivity index (χ0v) is 19.6. The normalized spacial score (nSPS) is 51.1. The Morgan fingerprint density at radius 3 is 2.32 bits per heavy atom. The fourth-order valence-electron chi connectivity index (χ4n) is 7.77. The van der Waals surface area contributed by atoms with Crippen LogP contribution < -0.4 is 0 Å². The van der Waals surface area contributed by atoms with E-state index in [9.17, 15) is 24.9 Å². The fraction of sp³-hybridized carbons (Fsp3) is 0.833. The van der Waals surface area contributed by atoms with Crippen LogP contribution in [0.2, 0.25) is 0 Å². The lowest BCUT2D eigenvalue weighted by Gasteiger charge is -2.68. The maximum absolute atomic E-state index is 13.9. The van der Waals surface area contributed by atoms with Crippen molar-refractivity contribution < 1.29 is 34.4 Å². The molecule has 1 heterocycles. The number of esters is 1. The van der Waals surface area contributed by atoms with E-state index in [0.717, 1.165) is 0 Å². The van der Waals surface area contributed by atoms with Crippen molar-refractivity contribution in [2.45, 2.75) is 91.3 Å². The minimum absolute atomic E-state index is 0.168. The third-order valence-electron chi connectivity index (χ3n) is 9.59. The van der Waals surface area contributed by atoms with Crippen LogP contribution in [-0.4, -0.2) is 63.7 Å². The van der Waals surface area contributed by atoms with Crippen molar-refractivity contribution in [3.8, 4) is 0 Å². The van der Waals surface area contributed by atoms with Gasteiger partial charge in [0, 0.05) is 30.6 Å². The van der Waals surface area contributed by atoms with E-state index in [-0.39, 0.29) is 12.5 Å². The molecule has 174 valence electrons. The van der Waals surface area contributed by atoms with E-state index in [1.807, 2.05) is 20.8 Å². The highest BCUT2D eigenvalue weighted by atomic mass is 16.5. The molecule has 0 aromatic rings. The number of carbonyl (C=O) groups is 2. The van der Waals surface area contributed by atoms with E-state index < -0.39 is 63.7 Å². The molecule has 7 nitrogen and oxygen atoms in total. The number of ether oxygens (including phenoxy) is 2. The number of aliphatic hydroxyl groups is 3. The molecule has 4 rings (SSSR count). The molecule has 0 aromatic carbocycles. The number of hydrogen-bond donors (Lipinski definition) is 3. The second-order valence-electron chi connectivity index (χ2n) is 11.3. The van der Waals surface area contributed by atoms with Crippen molar-refractivity contribution in [3.05, 3.63) is 11.1 Å². The third kappa shape index (κ3) is 2.61. The van der Waals surface area contributed by atoms with Crippen molar-refractivity contribution in [1.82, 2.24) is 0 Å². The van der Waals surface area contributed by atoms with E-state index >= 15 is 0 Å². The molecule has 0 radical (unpaired) electrons. The predicted molar refractivity (Wildman–Crippen MR) is 112 cm³/mol. The van der Waals surface area contributed by atoms with Crippen LogP contribution >= 0.6 is 0 Å². The lowest BCUT2D eigenvalue weighted by molar-refractivity contribution is -0.302. The molecular weight excluding hydrogens is 400 g/mol. The molecule has 1 aliphatic heterocycles. The molecule has 3 aliphatic carbocycles. The summed E-state index contributed by atoms with van der Waals surface area (Å²) in [7, 11) is 0. The zero-order valence-electron chi connectivity index (χ0n) is 19.6. The molecule has 3 N–H and O–H groups in total. The van der Waals surface area contributed by atoms with Crippen LogP contribution in [0.5, 0.6) is 0 Å². The van der Waals surface area contributed by atoms with E-state index in [0.29, 0.717) is 24.2 Å². The van der Waals surface area contributed by atoms with Crippen molar-refractivity contribution in [2.75, 3.05) is 6.61 Å². The van der Waals surface area contributed by atoms with E-state index in [1.54, 1.807) is 13.8 Å². The van der Waals surface area contributed by atoms with Gasteiger partial charge < -0.3 is 24.8 Å². The van der Waals surface area contributed by atoms with Gasteiger partial charge in [0.1, 0.15) is 12.2 Å². The van der Waals surface area contributed by atoms with Gasteiger partial charge in [-0.2, -0.15) is 0 Å². The molecule has 0 aromatic heterocycles. The van der Waals surface area contributed by atoms with E-state index in [1.165, 1.54) is 6.92 Å². The Labute approximate surface area is 183 Å². The van der Waals surface area contributed by atoms with Crippen LogP contribution in [0.25, 0.3) is 0 Å². The first-order valence-corrected chi connectivity index (χ1v) is 11.3. The maximum atomic E-state index is 13.9. The average Bonchev–Trinajstić information content (AvgIpc) is 2.66. The first-order chi connectivity index (χ1) is 14.1. The van der Waals surface area contributed by atoms with E-state index in [2.05, 4.69) is 6.92 Å². The molecule has 9 atom stereocenters. The minimum atomic E-state index is -1.50. The average molecular weight is 437 g/mol. The Hall–Kier alpha value is -1.28. The SMILES string of the molecule is CC(=O)O[C@H]1C[C@@]2(O)[C@@H](C)[C@@H]3[C@]4(C)CO[C@@H]4C[C@H](O)[C@@]3(C)C(=O)[C@H](O)C(=C1C)C2(C)C. The summed E-state index contributed by atoms with van der Waals surface area (Å²) in [5, 5.41) is 34.9. The smallest absolute Gasteiger partial charge is 0.303 e. The predicted octanol–water partition coefficient (Wildman–Crippen LogP) is 1.77. The molecule has 0 unspecified atom stereocenters. The van der Waals surface area contributed by atoms with Gasteiger partial charge in [-0.25, -0.2) is 0 Å². The Kier molecular flexibility index (Phi) is 4.89. The highest BCUT2D eigenvalue weighted by Crippen LogP contribution is 2.66. The van der Waals surface area contributed by atoms with Crippen LogP contribution in [0.3, 0.4) is 0 Å². The van der Waals surface area contributed by atoms with Gasteiger partial charge in [0.2, 0.25) is 0 Å². The summed E-state index contributed by atoms with van der Waals surface area (Å²) in [6.45, 7) is 12.9. The van der Waals surface area contributed by atoms with Crippen molar-refractivity contribution >= 4 is 11.8 Å². The van der Waals surface area contributed by atoms with Gasteiger partial charge in [-0.05, 0) is 36.8 Å². The number of aliphatic hydroxyl groups excluding tert-OH is 2. The van der Waals surface area contributed by atoms with Gasteiger partial charge in [-0.3, -0.25) is 9.59 Å². The second-order valence-corrected chi connectivity index (χ2v) is 11.3. The molecule has 7 heteroatoms. The van der Waals surface area contributed by atoms with Gasteiger partial charge in [-0.1, -0.05) is 27.7 Å². The topological polar surface area (TPSA) is 113 Å². The quantitative estimate of drug-likeness (QED) is 0.424. The summed E-state index contributed by atoms with van der Waals surface area (Å²) in [5.74, 6) is -1.77. The molecule has 4 aliphatic rings. The summed E-state index contributed by atoms with van der Waals surface area (Å²) in [6.07, 6.45) is -2.93. The number of ketones is 1. The molecule has 2 saturated carbocycles. The fourth-order valence-corrected chi connectivity index (χ4v) is 7.77. The molecule has 0 spiro atoms. The molecule has 2 bridgehead atoms. The van der Waals surface area contributed by atoms with Crippen molar-refractivity contribution in [1.29, 1.82) is 0 Å². The Bertz CT molecular complexity index is 862. The number of carbonyl (C=O) groups excluding carboxylic acids is 2. The Morgan fingerprint density at radius 1 is 1.19 bits per heavy atom.